The number of hydrogen-bond acceptors (Lipinski definition) is 2. The number of para-hydroxylation sites is 1. The van der Waals surface area contributed by atoms with Gasteiger partial charge >= 0.3 is 0 Å². The van der Waals surface area contributed by atoms with E-state index in [1.54, 1.807) is 7.11 Å². The van der Waals surface area contributed by atoms with Crippen molar-refractivity contribution in [2.24, 2.45) is 0 Å². The van der Waals surface area contributed by atoms with Gasteiger partial charge in [0.05, 0.1) is 13.0 Å². The Morgan fingerprint density at radius 3 is 2.53 bits per heavy atom. The minimum Gasteiger partial charge on any atom is -0.496 e. The van der Waals surface area contributed by atoms with Gasteiger partial charge in [-0.2, -0.15) is 0 Å². The fourth-order valence-corrected chi connectivity index (χ4v) is 2.15. The molecule has 2 aromatic rings. The summed E-state index contributed by atoms with van der Waals surface area (Å²) in [6, 6.07) is 13.9. The second-order valence-electron chi connectivity index (χ2n) is 4.35. The van der Waals surface area contributed by atoms with Crippen LogP contribution < -0.4 is 9.47 Å². The van der Waals surface area contributed by atoms with E-state index in [4.69, 9.17) is 21.1 Å². The summed E-state index contributed by atoms with van der Waals surface area (Å²) in [6.45, 7) is 2.52. The Morgan fingerprint density at radius 1 is 1.00 bits per heavy atom. The fraction of sp³-hybridized carbons (Fsp3) is 0.250. The van der Waals surface area contributed by atoms with E-state index >= 15 is 0 Å². The summed E-state index contributed by atoms with van der Waals surface area (Å²) >= 11 is 5.89. The lowest BCUT2D eigenvalue weighted by Crippen LogP contribution is -2.00. The average molecular weight is 277 g/mol. The predicted molar refractivity (Wildman–Crippen MR) is 78.1 cm³/mol. The Morgan fingerprint density at radius 2 is 1.79 bits per heavy atom. The number of rotatable bonds is 5. The molecule has 0 amide bonds. The molecule has 0 aromatic heterocycles. The normalized spacial score (nSPS) is 10.3. The Labute approximate surface area is 118 Å². The van der Waals surface area contributed by atoms with Gasteiger partial charge in [0.15, 0.2) is 0 Å². The van der Waals surface area contributed by atoms with E-state index in [0.29, 0.717) is 12.5 Å². The molecular weight excluding hydrogens is 260 g/mol. The average Bonchev–Trinajstić information content (AvgIpc) is 2.45. The number of methoxy groups -OCH3 is 1. The molecule has 0 bridgehead atoms. The highest BCUT2D eigenvalue weighted by Crippen LogP contribution is 2.24. The van der Waals surface area contributed by atoms with Crippen LogP contribution in [0, 0.1) is 6.92 Å². The zero-order valence-corrected chi connectivity index (χ0v) is 11.9. The number of benzene rings is 2. The zero-order chi connectivity index (χ0) is 13.7. The fourth-order valence-electron chi connectivity index (χ4n) is 1.93. The summed E-state index contributed by atoms with van der Waals surface area (Å²) in [6.07, 6.45) is 0. The van der Waals surface area contributed by atoms with Gasteiger partial charge in [0.1, 0.15) is 18.1 Å². The van der Waals surface area contributed by atoms with Crippen LogP contribution in [0.2, 0.25) is 0 Å². The molecule has 0 heterocycles. The molecule has 0 aliphatic rings. The minimum atomic E-state index is 0.446. The molecule has 0 fully saturated rings. The van der Waals surface area contributed by atoms with E-state index in [1.807, 2.05) is 36.4 Å². The van der Waals surface area contributed by atoms with Gasteiger partial charge in [0.25, 0.3) is 0 Å². The third kappa shape index (κ3) is 3.42. The molecule has 0 saturated carbocycles. The number of aryl methyl sites for hydroxylation is 1. The summed E-state index contributed by atoms with van der Waals surface area (Å²) in [7, 11) is 1.67. The van der Waals surface area contributed by atoms with Gasteiger partial charge in [0, 0.05) is 11.1 Å². The van der Waals surface area contributed by atoms with Crippen LogP contribution in [0.3, 0.4) is 0 Å². The van der Waals surface area contributed by atoms with Crippen LogP contribution in [-0.4, -0.2) is 7.11 Å². The smallest absolute Gasteiger partial charge is 0.125 e. The second kappa shape index (κ2) is 6.48. The predicted octanol–water partition coefficient (Wildman–Crippen LogP) is 4.32. The largest absolute Gasteiger partial charge is 0.496 e. The van der Waals surface area contributed by atoms with Crippen LogP contribution in [0.15, 0.2) is 42.5 Å². The van der Waals surface area contributed by atoms with E-state index < -0.39 is 0 Å². The van der Waals surface area contributed by atoms with Gasteiger partial charge in [-0.1, -0.05) is 29.8 Å². The second-order valence-corrected chi connectivity index (χ2v) is 4.61. The lowest BCUT2D eigenvalue weighted by atomic mass is 10.1. The van der Waals surface area contributed by atoms with Crippen molar-refractivity contribution in [3.05, 3.63) is 59.2 Å². The van der Waals surface area contributed by atoms with Gasteiger partial charge < -0.3 is 9.47 Å². The Kier molecular flexibility index (Phi) is 4.69. The van der Waals surface area contributed by atoms with Crippen LogP contribution in [0.4, 0.5) is 0 Å². The maximum Gasteiger partial charge on any atom is 0.125 e. The summed E-state index contributed by atoms with van der Waals surface area (Å²) in [4.78, 5) is 0. The molecule has 2 nitrogen and oxygen atoms in total. The molecule has 0 aliphatic carbocycles. The molecule has 100 valence electrons. The molecule has 2 aromatic carbocycles. The van der Waals surface area contributed by atoms with Gasteiger partial charge in [-0.05, 0) is 25.1 Å². The molecule has 0 N–H and O–H groups in total. The summed E-state index contributed by atoms with van der Waals surface area (Å²) < 4.78 is 11.2. The lowest BCUT2D eigenvalue weighted by molar-refractivity contribution is 0.294. The van der Waals surface area contributed by atoms with Crippen molar-refractivity contribution in [3.63, 3.8) is 0 Å². The lowest BCUT2D eigenvalue weighted by Gasteiger charge is -2.13. The molecule has 3 heteroatoms. The first kappa shape index (κ1) is 13.8. The Bertz CT molecular complexity index is 552. The zero-order valence-electron chi connectivity index (χ0n) is 11.2. The number of alkyl halides is 1. The van der Waals surface area contributed by atoms with E-state index in [2.05, 4.69) is 13.0 Å². The summed E-state index contributed by atoms with van der Waals surface area (Å²) in [5, 5.41) is 0. The Balaban J connectivity index is 2.16. The highest BCUT2D eigenvalue weighted by atomic mass is 35.5. The first-order valence-electron chi connectivity index (χ1n) is 6.14. The third-order valence-corrected chi connectivity index (χ3v) is 3.22. The highest BCUT2D eigenvalue weighted by Gasteiger charge is 2.06. The van der Waals surface area contributed by atoms with E-state index in [9.17, 15) is 0 Å². The number of halogens is 1. The SMILES string of the molecule is COc1ccc(C)cc1COc1ccccc1CCl. The van der Waals surface area contributed by atoms with Crippen molar-refractivity contribution in [1.29, 1.82) is 0 Å². The quantitative estimate of drug-likeness (QED) is 0.757. The van der Waals surface area contributed by atoms with Crippen molar-refractivity contribution in [2.75, 3.05) is 7.11 Å². The van der Waals surface area contributed by atoms with Gasteiger partial charge in [-0.15, -0.1) is 11.6 Å². The Hall–Kier alpha value is -1.67. The van der Waals surface area contributed by atoms with Crippen molar-refractivity contribution in [3.8, 4) is 11.5 Å². The van der Waals surface area contributed by atoms with E-state index in [1.165, 1.54) is 5.56 Å². The van der Waals surface area contributed by atoms with Gasteiger partial charge in [-0.25, -0.2) is 0 Å². The monoisotopic (exact) mass is 276 g/mol. The van der Waals surface area contributed by atoms with Gasteiger partial charge in [0.2, 0.25) is 0 Å². The van der Waals surface area contributed by atoms with Gasteiger partial charge in [-0.3, -0.25) is 0 Å². The standard InChI is InChI=1S/C16H17ClO2/c1-12-7-8-15(18-2)14(9-12)11-19-16-6-4-3-5-13(16)10-17/h3-9H,10-11H2,1-2H3. The van der Waals surface area contributed by atoms with Crippen LogP contribution in [-0.2, 0) is 12.5 Å². The molecule has 0 spiro atoms. The molecule has 2 rings (SSSR count). The topological polar surface area (TPSA) is 18.5 Å². The molecule has 0 saturated heterocycles. The van der Waals surface area contributed by atoms with Crippen molar-refractivity contribution >= 4 is 11.6 Å². The number of hydrogen-bond donors (Lipinski definition) is 0. The summed E-state index contributed by atoms with van der Waals surface area (Å²) in [5.74, 6) is 2.11. The van der Waals surface area contributed by atoms with Crippen molar-refractivity contribution < 1.29 is 9.47 Å². The molecule has 0 atom stereocenters. The molecule has 19 heavy (non-hydrogen) atoms. The summed E-state index contributed by atoms with van der Waals surface area (Å²) in [5.41, 5.74) is 3.22. The maximum absolute atomic E-state index is 5.89. The van der Waals surface area contributed by atoms with Crippen molar-refractivity contribution in [2.45, 2.75) is 19.4 Å². The van der Waals surface area contributed by atoms with Crippen LogP contribution in [0.5, 0.6) is 11.5 Å². The highest BCUT2D eigenvalue weighted by molar-refractivity contribution is 6.17. The van der Waals surface area contributed by atoms with Crippen LogP contribution in [0.25, 0.3) is 0 Å². The first-order valence-corrected chi connectivity index (χ1v) is 6.68. The van der Waals surface area contributed by atoms with E-state index in [0.717, 1.165) is 22.6 Å². The van der Waals surface area contributed by atoms with Crippen LogP contribution >= 0.6 is 11.6 Å². The van der Waals surface area contributed by atoms with E-state index in [-0.39, 0.29) is 0 Å². The maximum atomic E-state index is 5.89. The minimum absolute atomic E-state index is 0.446. The molecule has 0 unspecified atom stereocenters. The number of ether oxygens (including phenoxy) is 2. The first-order chi connectivity index (χ1) is 9.24. The third-order valence-electron chi connectivity index (χ3n) is 2.94. The van der Waals surface area contributed by atoms with Crippen molar-refractivity contribution in [1.82, 2.24) is 0 Å². The van der Waals surface area contributed by atoms with Crippen LogP contribution in [0.1, 0.15) is 16.7 Å². The molecule has 0 aliphatic heterocycles. The molecular formula is C16H17ClO2. The molecule has 0 radical (unpaired) electrons.